The molecule has 6 heteroatoms. The number of aryl methyl sites for hydroxylation is 1. The van der Waals surface area contributed by atoms with Gasteiger partial charge in [-0.1, -0.05) is 30.3 Å². The highest BCUT2D eigenvalue weighted by Crippen LogP contribution is 2.18. The number of carbonyl (C=O) groups is 1. The van der Waals surface area contributed by atoms with Crippen LogP contribution in [0.15, 0.2) is 54.7 Å². The fourth-order valence-corrected chi connectivity index (χ4v) is 2.65. The van der Waals surface area contributed by atoms with Gasteiger partial charge in [-0.05, 0) is 55.2 Å². The number of carbonyl (C=O) groups excluding carboxylic acids is 1. The van der Waals surface area contributed by atoms with E-state index in [1.54, 1.807) is 24.3 Å². The third-order valence-electron chi connectivity index (χ3n) is 4.38. The molecule has 0 atom stereocenters. The van der Waals surface area contributed by atoms with Gasteiger partial charge >= 0.3 is 0 Å². The number of amides is 1. The van der Waals surface area contributed by atoms with E-state index < -0.39 is 0 Å². The summed E-state index contributed by atoms with van der Waals surface area (Å²) in [6.07, 6.45) is 2.02. The molecule has 0 fully saturated rings. The molecular weight excluding hydrogens is 343 g/mol. The quantitative estimate of drug-likeness (QED) is 0.690. The standard InChI is InChI=1S/C21H21FN4O/c1-14-6-5-9-18(15(14)2)25-20(27)19-11-13-24-21(26-19)23-12-10-16-7-3-4-8-17(16)22/h3-9,11,13H,10,12H2,1-2H3,(H,25,27)(H,23,24,26). The Bertz CT molecular complexity index is 958. The molecule has 0 unspecified atom stereocenters. The van der Waals surface area contributed by atoms with Crippen molar-refractivity contribution in [3.63, 3.8) is 0 Å². The van der Waals surface area contributed by atoms with Crippen LogP contribution < -0.4 is 10.6 Å². The van der Waals surface area contributed by atoms with E-state index >= 15 is 0 Å². The molecule has 2 aromatic carbocycles. The van der Waals surface area contributed by atoms with Crippen LogP contribution in [0.2, 0.25) is 0 Å². The van der Waals surface area contributed by atoms with E-state index in [9.17, 15) is 9.18 Å². The second kappa shape index (κ2) is 8.40. The van der Waals surface area contributed by atoms with Gasteiger partial charge in [-0.25, -0.2) is 14.4 Å². The predicted octanol–water partition coefficient (Wildman–Crippen LogP) is 4.14. The summed E-state index contributed by atoms with van der Waals surface area (Å²) in [6.45, 7) is 4.41. The Labute approximate surface area is 157 Å². The van der Waals surface area contributed by atoms with Gasteiger partial charge in [0.2, 0.25) is 5.95 Å². The number of hydrogen-bond donors (Lipinski definition) is 2. The van der Waals surface area contributed by atoms with Crippen molar-refractivity contribution < 1.29 is 9.18 Å². The summed E-state index contributed by atoms with van der Waals surface area (Å²) >= 11 is 0. The van der Waals surface area contributed by atoms with E-state index in [1.807, 2.05) is 32.0 Å². The maximum absolute atomic E-state index is 13.6. The average Bonchev–Trinajstić information content (AvgIpc) is 2.67. The molecule has 3 aromatic rings. The summed E-state index contributed by atoms with van der Waals surface area (Å²) in [5.74, 6) is -0.204. The van der Waals surface area contributed by atoms with Crippen LogP contribution >= 0.6 is 0 Å². The minimum Gasteiger partial charge on any atom is -0.354 e. The van der Waals surface area contributed by atoms with Crippen molar-refractivity contribution in [2.45, 2.75) is 20.3 Å². The van der Waals surface area contributed by atoms with E-state index in [4.69, 9.17) is 0 Å². The molecule has 138 valence electrons. The zero-order valence-electron chi connectivity index (χ0n) is 15.3. The molecule has 0 aliphatic rings. The number of nitrogens with zero attached hydrogens (tertiary/aromatic N) is 2. The molecule has 27 heavy (non-hydrogen) atoms. The lowest BCUT2D eigenvalue weighted by molar-refractivity contribution is 0.102. The highest BCUT2D eigenvalue weighted by atomic mass is 19.1. The molecule has 0 saturated carbocycles. The lowest BCUT2D eigenvalue weighted by atomic mass is 10.1. The monoisotopic (exact) mass is 364 g/mol. The third-order valence-corrected chi connectivity index (χ3v) is 4.38. The first kappa shape index (κ1) is 18.5. The molecule has 2 N–H and O–H groups in total. The van der Waals surface area contributed by atoms with Crippen molar-refractivity contribution in [2.24, 2.45) is 0 Å². The number of halogens is 1. The first-order chi connectivity index (χ1) is 13.0. The van der Waals surface area contributed by atoms with Crippen molar-refractivity contribution in [1.82, 2.24) is 9.97 Å². The van der Waals surface area contributed by atoms with Crippen molar-refractivity contribution in [1.29, 1.82) is 0 Å². The third kappa shape index (κ3) is 4.67. The number of hydrogen-bond acceptors (Lipinski definition) is 4. The van der Waals surface area contributed by atoms with E-state index in [2.05, 4.69) is 20.6 Å². The molecule has 1 amide bonds. The van der Waals surface area contributed by atoms with Gasteiger partial charge in [-0.15, -0.1) is 0 Å². The summed E-state index contributed by atoms with van der Waals surface area (Å²) in [5, 5.41) is 5.91. The first-order valence-corrected chi connectivity index (χ1v) is 8.72. The van der Waals surface area contributed by atoms with Gasteiger partial charge in [0, 0.05) is 18.4 Å². The van der Waals surface area contributed by atoms with Crippen LogP contribution in [0.1, 0.15) is 27.2 Å². The molecule has 0 saturated heterocycles. The van der Waals surface area contributed by atoms with Crippen molar-refractivity contribution in [2.75, 3.05) is 17.2 Å². The largest absolute Gasteiger partial charge is 0.354 e. The Hall–Kier alpha value is -3.28. The highest BCUT2D eigenvalue weighted by molar-refractivity contribution is 6.03. The number of anilines is 2. The number of rotatable bonds is 6. The van der Waals surface area contributed by atoms with Crippen LogP contribution in [0.25, 0.3) is 0 Å². The molecule has 0 radical (unpaired) electrons. The van der Waals surface area contributed by atoms with E-state index in [0.717, 1.165) is 16.8 Å². The lowest BCUT2D eigenvalue weighted by Gasteiger charge is -2.11. The van der Waals surface area contributed by atoms with Gasteiger partial charge < -0.3 is 10.6 Å². The summed E-state index contributed by atoms with van der Waals surface area (Å²) < 4.78 is 13.6. The van der Waals surface area contributed by atoms with E-state index in [1.165, 1.54) is 12.3 Å². The van der Waals surface area contributed by atoms with Gasteiger partial charge in [0.25, 0.3) is 5.91 Å². The molecular formula is C21H21FN4O. The average molecular weight is 364 g/mol. The molecule has 5 nitrogen and oxygen atoms in total. The zero-order valence-corrected chi connectivity index (χ0v) is 15.3. The smallest absolute Gasteiger partial charge is 0.274 e. The van der Waals surface area contributed by atoms with Crippen LogP contribution in [0, 0.1) is 19.7 Å². The molecule has 1 heterocycles. The Balaban J connectivity index is 1.63. The van der Waals surface area contributed by atoms with Crippen molar-refractivity contribution in [3.05, 3.63) is 82.9 Å². The molecule has 0 spiro atoms. The summed E-state index contributed by atoms with van der Waals surface area (Å²) in [5.41, 5.74) is 3.76. The minimum absolute atomic E-state index is 0.234. The summed E-state index contributed by atoms with van der Waals surface area (Å²) in [6, 6.07) is 13.9. The topological polar surface area (TPSA) is 66.9 Å². The summed E-state index contributed by atoms with van der Waals surface area (Å²) in [4.78, 5) is 20.9. The highest BCUT2D eigenvalue weighted by Gasteiger charge is 2.11. The Morgan fingerprint density at radius 1 is 1.07 bits per heavy atom. The predicted molar refractivity (Wildman–Crippen MR) is 104 cm³/mol. The molecule has 0 aliphatic heterocycles. The van der Waals surface area contributed by atoms with Gasteiger partial charge in [-0.2, -0.15) is 0 Å². The molecule has 0 bridgehead atoms. The van der Waals surface area contributed by atoms with E-state index in [-0.39, 0.29) is 17.4 Å². The minimum atomic E-state index is -0.303. The lowest BCUT2D eigenvalue weighted by Crippen LogP contribution is -2.16. The van der Waals surface area contributed by atoms with Crippen LogP contribution in [0.5, 0.6) is 0 Å². The number of benzene rings is 2. The number of nitrogens with one attached hydrogen (secondary N) is 2. The maximum Gasteiger partial charge on any atom is 0.274 e. The van der Waals surface area contributed by atoms with Crippen LogP contribution in [0.4, 0.5) is 16.0 Å². The Morgan fingerprint density at radius 2 is 1.89 bits per heavy atom. The zero-order chi connectivity index (χ0) is 19.2. The fraction of sp³-hybridized carbons (Fsp3) is 0.190. The van der Waals surface area contributed by atoms with E-state index in [0.29, 0.717) is 24.5 Å². The molecule has 1 aromatic heterocycles. The van der Waals surface area contributed by atoms with Crippen molar-refractivity contribution in [3.8, 4) is 0 Å². The second-order valence-electron chi connectivity index (χ2n) is 6.24. The van der Waals surface area contributed by atoms with Crippen molar-refractivity contribution >= 4 is 17.5 Å². The Morgan fingerprint density at radius 3 is 2.70 bits per heavy atom. The van der Waals surface area contributed by atoms with Gasteiger partial charge in [-0.3, -0.25) is 4.79 Å². The maximum atomic E-state index is 13.6. The SMILES string of the molecule is Cc1cccc(NC(=O)c2ccnc(NCCc3ccccc3F)n2)c1C. The van der Waals surface area contributed by atoms with Crippen LogP contribution in [-0.4, -0.2) is 22.4 Å². The van der Waals surface area contributed by atoms with Gasteiger partial charge in [0.15, 0.2) is 0 Å². The first-order valence-electron chi connectivity index (χ1n) is 8.72. The van der Waals surface area contributed by atoms with Gasteiger partial charge in [0.1, 0.15) is 11.5 Å². The summed E-state index contributed by atoms with van der Waals surface area (Å²) in [7, 11) is 0. The number of aromatic nitrogens is 2. The normalized spacial score (nSPS) is 10.5. The Kier molecular flexibility index (Phi) is 5.76. The van der Waals surface area contributed by atoms with Gasteiger partial charge in [0.05, 0.1) is 0 Å². The molecule has 3 rings (SSSR count). The fourth-order valence-electron chi connectivity index (χ4n) is 2.65. The second-order valence-corrected chi connectivity index (χ2v) is 6.24. The van der Waals surface area contributed by atoms with Crippen LogP contribution in [-0.2, 0) is 6.42 Å². The molecule has 0 aliphatic carbocycles. The van der Waals surface area contributed by atoms with Crippen LogP contribution in [0.3, 0.4) is 0 Å².